The number of aromatic nitrogens is 1. The fourth-order valence-corrected chi connectivity index (χ4v) is 3.36. The summed E-state index contributed by atoms with van der Waals surface area (Å²) in [6.45, 7) is 0.665. The SMILES string of the molecule is O=C(O)/C=C/c1cncc(C(=O)NCC2CCCCS2)c1. The molecule has 1 fully saturated rings. The number of carbonyl (C=O) groups excluding carboxylic acids is 1. The molecule has 1 aromatic rings. The molecule has 0 aliphatic carbocycles. The molecular weight excluding hydrogens is 288 g/mol. The number of hydrogen-bond donors (Lipinski definition) is 2. The van der Waals surface area contributed by atoms with Gasteiger partial charge in [0, 0.05) is 30.3 Å². The van der Waals surface area contributed by atoms with Gasteiger partial charge in [0.2, 0.25) is 0 Å². The highest BCUT2D eigenvalue weighted by atomic mass is 32.2. The van der Waals surface area contributed by atoms with E-state index in [0.29, 0.717) is 22.9 Å². The van der Waals surface area contributed by atoms with Crippen molar-refractivity contribution in [2.45, 2.75) is 24.5 Å². The summed E-state index contributed by atoms with van der Waals surface area (Å²) in [6, 6.07) is 1.63. The standard InChI is InChI=1S/C15H18N2O3S/c18-14(19)5-4-11-7-12(9-16-8-11)15(20)17-10-13-3-1-2-6-21-13/h4-5,7-9,13H,1-3,6,10H2,(H,17,20)(H,18,19)/b5-4+. The van der Waals surface area contributed by atoms with Crippen LogP contribution in [-0.4, -0.2) is 39.5 Å². The van der Waals surface area contributed by atoms with E-state index in [0.717, 1.165) is 18.2 Å². The van der Waals surface area contributed by atoms with Crippen LogP contribution in [0.5, 0.6) is 0 Å². The van der Waals surface area contributed by atoms with Crippen LogP contribution in [0.15, 0.2) is 24.5 Å². The topological polar surface area (TPSA) is 79.3 Å². The molecule has 2 N–H and O–H groups in total. The van der Waals surface area contributed by atoms with Crippen LogP contribution in [0, 0.1) is 0 Å². The Kier molecular flexibility index (Phi) is 5.80. The lowest BCUT2D eigenvalue weighted by Crippen LogP contribution is -2.32. The third-order valence-electron chi connectivity index (χ3n) is 3.20. The van der Waals surface area contributed by atoms with Gasteiger partial charge >= 0.3 is 5.97 Å². The second-order valence-electron chi connectivity index (χ2n) is 4.88. The molecule has 112 valence electrons. The van der Waals surface area contributed by atoms with Gasteiger partial charge in [-0.3, -0.25) is 9.78 Å². The summed E-state index contributed by atoms with van der Waals surface area (Å²) in [5.41, 5.74) is 1.04. The van der Waals surface area contributed by atoms with E-state index in [1.54, 1.807) is 6.07 Å². The average Bonchev–Trinajstić information content (AvgIpc) is 2.52. The van der Waals surface area contributed by atoms with Crippen molar-refractivity contribution >= 4 is 29.7 Å². The second-order valence-corrected chi connectivity index (χ2v) is 6.29. The van der Waals surface area contributed by atoms with Crippen molar-refractivity contribution < 1.29 is 14.7 Å². The molecule has 0 saturated carbocycles. The van der Waals surface area contributed by atoms with Crippen LogP contribution in [0.4, 0.5) is 0 Å². The summed E-state index contributed by atoms with van der Waals surface area (Å²) < 4.78 is 0. The Morgan fingerprint density at radius 2 is 2.29 bits per heavy atom. The molecule has 21 heavy (non-hydrogen) atoms. The summed E-state index contributed by atoms with van der Waals surface area (Å²) in [6.07, 6.45) is 9.08. The molecule has 5 nitrogen and oxygen atoms in total. The molecule has 1 unspecified atom stereocenters. The van der Waals surface area contributed by atoms with Crippen LogP contribution in [0.25, 0.3) is 6.08 Å². The zero-order valence-electron chi connectivity index (χ0n) is 11.6. The number of aliphatic carboxylic acids is 1. The Morgan fingerprint density at radius 1 is 1.43 bits per heavy atom. The number of nitrogens with zero attached hydrogens (tertiary/aromatic N) is 1. The van der Waals surface area contributed by atoms with Gasteiger partial charge in [0.15, 0.2) is 0 Å². The molecule has 1 saturated heterocycles. The average molecular weight is 306 g/mol. The van der Waals surface area contributed by atoms with E-state index in [-0.39, 0.29) is 5.91 Å². The summed E-state index contributed by atoms with van der Waals surface area (Å²) in [4.78, 5) is 26.5. The number of nitrogens with one attached hydrogen (secondary N) is 1. The van der Waals surface area contributed by atoms with Gasteiger partial charge in [-0.15, -0.1) is 0 Å². The molecule has 1 atom stereocenters. The first-order chi connectivity index (χ1) is 10.1. The Morgan fingerprint density at radius 3 is 3.00 bits per heavy atom. The lowest BCUT2D eigenvalue weighted by Gasteiger charge is -2.21. The fourth-order valence-electron chi connectivity index (χ4n) is 2.12. The molecule has 2 rings (SSSR count). The summed E-state index contributed by atoms with van der Waals surface area (Å²) in [5.74, 6) is -0.0317. The maximum absolute atomic E-state index is 12.1. The van der Waals surface area contributed by atoms with Crippen LogP contribution in [-0.2, 0) is 4.79 Å². The maximum Gasteiger partial charge on any atom is 0.328 e. The molecule has 0 radical (unpaired) electrons. The van der Waals surface area contributed by atoms with E-state index in [1.165, 1.54) is 31.3 Å². The quantitative estimate of drug-likeness (QED) is 0.815. The molecule has 1 amide bonds. The van der Waals surface area contributed by atoms with E-state index in [9.17, 15) is 9.59 Å². The van der Waals surface area contributed by atoms with Crippen molar-refractivity contribution in [2.24, 2.45) is 0 Å². The normalized spacial score (nSPS) is 18.6. The molecule has 2 heterocycles. The van der Waals surface area contributed by atoms with Crippen molar-refractivity contribution in [1.82, 2.24) is 10.3 Å². The first kappa shape index (κ1) is 15.6. The van der Waals surface area contributed by atoms with Crippen LogP contribution >= 0.6 is 11.8 Å². The highest BCUT2D eigenvalue weighted by Gasteiger charge is 2.15. The van der Waals surface area contributed by atoms with Gasteiger partial charge in [-0.05, 0) is 36.3 Å². The molecule has 1 aliphatic heterocycles. The van der Waals surface area contributed by atoms with Gasteiger partial charge in [-0.2, -0.15) is 11.8 Å². The van der Waals surface area contributed by atoms with Crippen molar-refractivity contribution in [1.29, 1.82) is 0 Å². The van der Waals surface area contributed by atoms with Gasteiger partial charge in [0.1, 0.15) is 0 Å². The number of carboxylic acid groups (broad SMARTS) is 1. The molecular formula is C15H18N2O3S. The van der Waals surface area contributed by atoms with Gasteiger partial charge in [0.05, 0.1) is 5.56 Å². The first-order valence-corrected chi connectivity index (χ1v) is 7.96. The summed E-state index contributed by atoms with van der Waals surface area (Å²) >= 11 is 1.91. The number of pyridine rings is 1. The van der Waals surface area contributed by atoms with E-state index < -0.39 is 5.97 Å². The number of amides is 1. The third-order valence-corrected chi connectivity index (χ3v) is 4.60. The maximum atomic E-state index is 12.1. The van der Waals surface area contributed by atoms with Crippen LogP contribution in [0.3, 0.4) is 0 Å². The van der Waals surface area contributed by atoms with E-state index in [2.05, 4.69) is 10.3 Å². The predicted molar refractivity (Wildman–Crippen MR) is 83.3 cm³/mol. The number of rotatable bonds is 5. The smallest absolute Gasteiger partial charge is 0.328 e. The van der Waals surface area contributed by atoms with Crippen LogP contribution in [0.1, 0.15) is 35.2 Å². The fraction of sp³-hybridized carbons (Fsp3) is 0.400. The number of thioether (sulfide) groups is 1. The van der Waals surface area contributed by atoms with E-state index in [1.807, 2.05) is 11.8 Å². The Balaban J connectivity index is 1.92. The highest BCUT2D eigenvalue weighted by molar-refractivity contribution is 7.99. The zero-order valence-corrected chi connectivity index (χ0v) is 12.4. The third kappa shape index (κ3) is 5.23. The minimum atomic E-state index is -1.03. The lowest BCUT2D eigenvalue weighted by atomic mass is 10.1. The van der Waals surface area contributed by atoms with Gasteiger partial charge < -0.3 is 10.4 Å². The van der Waals surface area contributed by atoms with Crippen molar-refractivity contribution in [3.63, 3.8) is 0 Å². The number of carboxylic acids is 1. The van der Waals surface area contributed by atoms with Crippen LogP contribution < -0.4 is 5.32 Å². The van der Waals surface area contributed by atoms with E-state index in [4.69, 9.17) is 5.11 Å². The minimum Gasteiger partial charge on any atom is -0.478 e. The molecule has 0 spiro atoms. The van der Waals surface area contributed by atoms with Crippen molar-refractivity contribution in [3.8, 4) is 0 Å². The summed E-state index contributed by atoms with van der Waals surface area (Å²) in [7, 11) is 0. The van der Waals surface area contributed by atoms with Gasteiger partial charge in [-0.25, -0.2) is 4.79 Å². The monoisotopic (exact) mass is 306 g/mol. The highest BCUT2D eigenvalue weighted by Crippen LogP contribution is 2.24. The first-order valence-electron chi connectivity index (χ1n) is 6.91. The Hall–Kier alpha value is -1.82. The van der Waals surface area contributed by atoms with Crippen molar-refractivity contribution in [2.75, 3.05) is 12.3 Å². The van der Waals surface area contributed by atoms with Crippen molar-refractivity contribution in [3.05, 3.63) is 35.7 Å². The number of hydrogen-bond acceptors (Lipinski definition) is 4. The molecule has 0 aromatic carbocycles. The molecule has 1 aromatic heterocycles. The van der Waals surface area contributed by atoms with E-state index >= 15 is 0 Å². The Labute approximate surface area is 127 Å². The predicted octanol–water partition coefficient (Wildman–Crippen LogP) is 2.19. The van der Waals surface area contributed by atoms with Crippen LogP contribution in [0.2, 0.25) is 0 Å². The Bertz CT molecular complexity index is 539. The second kappa shape index (κ2) is 7.83. The molecule has 6 heteroatoms. The molecule has 1 aliphatic rings. The lowest BCUT2D eigenvalue weighted by molar-refractivity contribution is -0.131. The number of carbonyl (C=O) groups is 2. The summed E-state index contributed by atoms with van der Waals surface area (Å²) in [5, 5.41) is 12.0. The van der Waals surface area contributed by atoms with Gasteiger partial charge in [-0.1, -0.05) is 6.42 Å². The zero-order chi connectivity index (χ0) is 15.1. The van der Waals surface area contributed by atoms with Gasteiger partial charge in [0.25, 0.3) is 5.91 Å². The molecule has 0 bridgehead atoms. The largest absolute Gasteiger partial charge is 0.478 e. The minimum absolute atomic E-state index is 0.167.